The molecule has 0 aliphatic carbocycles. The van der Waals surface area contributed by atoms with Crippen LogP contribution in [-0.4, -0.2) is 44.9 Å². The van der Waals surface area contributed by atoms with Crippen LogP contribution in [0.25, 0.3) is 0 Å². The van der Waals surface area contributed by atoms with E-state index in [1.54, 1.807) is 14.0 Å². The second-order valence-corrected chi connectivity index (χ2v) is 6.94. The summed E-state index contributed by atoms with van der Waals surface area (Å²) >= 11 is 0. The van der Waals surface area contributed by atoms with Crippen LogP contribution in [-0.2, 0) is 21.3 Å². The maximum atomic E-state index is 12.6. The Kier molecular flexibility index (Phi) is 6.79. The maximum Gasteiger partial charge on any atom is 0.244 e. The van der Waals surface area contributed by atoms with Gasteiger partial charge in [0.1, 0.15) is 4.90 Å². The maximum absolute atomic E-state index is 12.6. The molecule has 1 aromatic heterocycles. The lowest BCUT2D eigenvalue weighted by Gasteiger charge is -2.22. The zero-order chi connectivity index (χ0) is 16.0. The summed E-state index contributed by atoms with van der Waals surface area (Å²) in [6, 6.07) is -0.272. The van der Waals surface area contributed by atoms with E-state index in [0.29, 0.717) is 31.1 Å². The highest BCUT2D eigenvalue weighted by atomic mass is 32.2. The Bertz CT molecular complexity index is 540. The lowest BCUT2D eigenvalue weighted by molar-refractivity contribution is 0.116. The molecule has 0 bridgehead atoms. The molecular weight excluding hydrogens is 292 g/mol. The molecule has 1 rings (SSSR count). The van der Waals surface area contributed by atoms with Gasteiger partial charge in [0.15, 0.2) is 0 Å². The van der Waals surface area contributed by atoms with Gasteiger partial charge >= 0.3 is 0 Å². The zero-order valence-electron chi connectivity index (χ0n) is 13.4. The average molecular weight is 318 g/mol. The number of aryl methyl sites for hydroxylation is 1. The summed E-state index contributed by atoms with van der Waals surface area (Å²) in [6.45, 7) is 8.81. The Morgan fingerprint density at radius 1 is 1.38 bits per heavy atom. The first kappa shape index (κ1) is 18.1. The highest BCUT2D eigenvalue weighted by molar-refractivity contribution is 7.89. The van der Waals surface area contributed by atoms with E-state index in [-0.39, 0.29) is 16.9 Å². The van der Waals surface area contributed by atoms with E-state index in [9.17, 15) is 8.42 Å². The third kappa shape index (κ3) is 4.77. The summed E-state index contributed by atoms with van der Waals surface area (Å²) in [5.74, 6) is 0.131. The molecule has 0 saturated heterocycles. The highest BCUT2D eigenvalue weighted by Crippen LogP contribution is 2.19. The largest absolute Gasteiger partial charge is 0.380 e. The molecule has 7 nitrogen and oxygen atoms in total. The number of hydrogen-bond acceptors (Lipinski definition) is 5. The Morgan fingerprint density at radius 2 is 2.05 bits per heavy atom. The van der Waals surface area contributed by atoms with E-state index in [0.717, 1.165) is 0 Å². The van der Waals surface area contributed by atoms with Gasteiger partial charge in [0.05, 0.1) is 18.0 Å². The highest BCUT2D eigenvalue weighted by Gasteiger charge is 2.28. The SMILES string of the molecule is CCOCC(NS(=O)(=O)c1c(CNC)n[nH]c1C)C(C)C. The number of aromatic amines is 1. The molecule has 1 heterocycles. The normalized spacial score (nSPS) is 13.8. The monoisotopic (exact) mass is 318 g/mol. The summed E-state index contributed by atoms with van der Waals surface area (Å²) in [6.07, 6.45) is 0. The summed E-state index contributed by atoms with van der Waals surface area (Å²) in [5, 5.41) is 9.70. The Hall–Kier alpha value is -0.960. The van der Waals surface area contributed by atoms with E-state index in [4.69, 9.17) is 4.74 Å². The van der Waals surface area contributed by atoms with Gasteiger partial charge in [0, 0.05) is 19.2 Å². The molecule has 8 heteroatoms. The first-order valence-electron chi connectivity index (χ1n) is 7.12. The molecule has 1 unspecified atom stereocenters. The van der Waals surface area contributed by atoms with Crippen LogP contribution >= 0.6 is 0 Å². The van der Waals surface area contributed by atoms with Crippen molar-refractivity contribution in [2.24, 2.45) is 5.92 Å². The summed E-state index contributed by atoms with van der Waals surface area (Å²) in [7, 11) is -1.89. The smallest absolute Gasteiger partial charge is 0.244 e. The van der Waals surface area contributed by atoms with Crippen molar-refractivity contribution in [3.8, 4) is 0 Å². The number of ether oxygens (including phenoxy) is 1. The van der Waals surface area contributed by atoms with Gasteiger partial charge in [0.2, 0.25) is 10.0 Å². The fraction of sp³-hybridized carbons (Fsp3) is 0.769. The van der Waals surface area contributed by atoms with Crippen LogP contribution < -0.4 is 10.0 Å². The summed E-state index contributed by atoms with van der Waals surface area (Å²) in [4.78, 5) is 0.221. The van der Waals surface area contributed by atoms with Gasteiger partial charge in [0.25, 0.3) is 0 Å². The predicted octanol–water partition coefficient (Wildman–Crippen LogP) is 0.777. The van der Waals surface area contributed by atoms with Crippen LogP contribution in [0.2, 0.25) is 0 Å². The standard InChI is InChI=1S/C13H26N4O3S/c1-6-20-8-12(9(2)3)17-21(18,19)13-10(4)15-16-11(13)7-14-5/h9,12,14,17H,6-8H2,1-5H3,(H,15,16). The topological polar surface area (TPSA) is 96.1 Å². The van der Waals surface area contributed by atoms with Gasteiger partial charge in [-0.3, -0.25) is 5.10 Å². The van der Waals surface area contributed by atoms with Gasteiger partial charge in [-0.1, -0.05) is 13.8 Å². The van der Waals surface area contributed by atoms with E-state index in [1.807, 2.05) is 20.8 Å². The summed E-state index contributed by atoms with van der Waals surface area (Å²) < 4.78 is 33.4. The minimum atomic E-state index is -3.64. The van der Waals surface area contributed by atoms with Gasteiger partial charge in [-0.25, -0.2) is 13.1 Å². The quantitative estimate of drug-likeness (QED) is 0.625. The third-order valence-electron chi connectivity index (χ3n) is 3.19. The first-order valence-corrected chi connectivity index (χ1v) is 8.60. The van der Waals surface area contributed by atoms with Crippen LogP contribution in [0, 0.1) is 12.8 Å². The van der Waals surface area contributed by atoms with E-state index < -0.39 is 10.0 Å². The second-order valence-electron chi connectivity index (χ2n) is 5.29. The number of hydrogen-bond donors (Lipinski definition) is 3. The fourth-order valence-corrected chi connectivity index (χ4v) is 3.71. The van der Waals surface area contributed by atoms with Gasteiger partial charge in [-0.2, -0.15) is 5.10 Å². The first-order chi connectivity index (χ1) is 9.83. The van der Waals surface area contributed by atoms with E-state index in [2.05, 4.69) is 20.2 Å². The van der Waals surface area contributed by atoms with Crippen LogP contribution in [0.3, 0.4) is 0 Å². The van der Waals surface area contributed by atoms with E-state index in [1.165, 1.54) is 0 Å². The number of nitrogens with one attached hydrogen (secondary N) is 3. The molecule has 3 N–H and O–H groups in total. The molecule has 122 valence electrons. The molecule has 0 spiro atoms. The van der Waals surface area contributed by atoms with Crippen molar-refractivity contribution in [2.45, 2.75) is 45.2 Å². The van der Waals surface area contributed by atoms with Gasteiger partial charge < -0.3 is 10.1 Å². The molecule has 0 radical (unpaired) electrons. The molecular formula is C13H26N4O3S. The van der Waals surface area contributed by atoms with Crippen LogP contribution in [0.15, 0.2) is 4.90 Å². The minimum absolute atomic E-state index is 0.131. The van der Waals surface area contributed by atoms with E-state index >= 15 is 0 Å². The van der Waals surface area contributed by atoms with Crippen molar-refractivity contribution >= 4 is 10.0 Å². The van der Waals surface area contributed by atoms with Crippen LogP contribution in [0.4, 0.5) is 0 Å². The number of sulfonamides is 1. The Morgan fingerprint density at radius 3 is 2.57 bits per heavy atom. The average Bonchev–Trinajstić information content (AvgIpc) is 2.76. The number of aromatic nitrogens is 2. The molecule has 0 aromatic carbocycles. The molecule has 1 aromatic rings. The predicted molar refractivity (Wildman–Crippen MR) is 81.5 cm³/mol. The fourth-order valence-electron chi connectivity index (χ4n) is 1.98. The molecule has 0 aliphatic rings. The molecule has 0 saturated carbocycles. The van der Waals surface area contributed by atoms with Crippen molar-refractivity contribution in [3.05, 3.63) is 11.4 Å². The van der Waals surface area contributed by atoms with Crippen molar-refractivity contribution < 1.29 is 13.2 Å². The molecule has 21 heavy (non-hydrogen) atoms. The summed E-state index contributed by atoms with van der Waals surface area (Å²) in [5.41, 5.74) is 1.02. The van der Waals surface area contributed by atoms with Crippen molar-refractivity contribution in [1.29, 1.82) is 0 Å². The van der Waals surface area contributed by atoms with Crippen molar-refractivity contribution in [2.75, 3.05) is 20.3 Å². The molecule has 1 atom stereocenters. The Labute approximate surface area is 126 Å². The number of nitrogens with zero attached hydrogens (tertiary/aromatic N) is 1. The Balaban J connectivity index is 3.01. The van der Waals surface area contributed by atoms with Gasteiger partial charge in [-0.05, 0) is 26.8 Å². The molecule has 0 amide bonds. The number of H-pyrrole nitrogens is 1. The van der Waals surface area contributed by atoms with Crippen molar-refractivity contribution in [1.82, 2.24) is 20.2 Å². The van der Waals surface area contributed by atoms with Crippen LogP contribution in [0.5, 0.6) is 0 Å². The lowest BCUT2D eigenvalue weighted by atomic mass is 10.1. The third-order valence-corrected chi connectivity index (χ3v) is 4.88. The van der Waals surface area contributed by atoms with Crippen LogP contribution in [0.1, 0.15) is 32.2 Å². The van der Waals surface area contributed by atoms with Gasteiger partial charge in [-0.15, -0.1) is 0 Å². The lowest BCUT2D eigenvalue weighted by Crippen LogP contribution is -2.42. The second kappa shape index (κ2) is 7.88. The molecule has 0 aliphatic heterocycles. The number of rotatable bonds is 9. The minimum Gasteiger partial charge on any atom is -0.380 e. The zero-order valence-corrected chi connectivity index (χ0v) is 14.2. The molecule has 0 fully saturated rings. The van der Waals surface area contributed by atoms with Crippen molar-refractivity contribution in [3.63, 3.8) is 0 Å².